The first kappa shape index (κ1) is 20.9. The lowest BCUT2D eigenvalue weighted by Crippen LogP contribution is -2.54. The highest BCUT2D eigenvalue weighted by atomic mass is 32.2. The van der Waals surface area contributed by atoms with E-state index in [0.717, 1.165) is 79.4 Å². The van der Waals surface area contributed by atoms with Crippen LogP contribution < -0.4 is 16.0 Å². The van der Waals surface area contributed by atoms with Crippen LogP contribution in [-0.4, -0.2) is 59.4 Å². The number of amides is 1. The van der Waals surface area contributed by atoms with E-state index in [-0.39, 0.29) is 17.3 Å². The van der Waals surface area contributed by atoms with Crippen molar-refractivity contribution in [2.45, 2.75) is 37.6 Å². The van der Waals surface area contributed by atoms with Crippen LogP contribution in [0.3, 0.4) is 0 Å². The minimum atomic E-state index is -0.221. The summed E-state index contributed by atoms with van der Waals surface area (Å²) in [4.78, 5) is 32.0. The molecule has 1 fully saturated rings. The number of likely N-dealkylation sites (N-methyl/N-ethyl adjacent to an activating group) is 1. The number of fused-ring (bicyclic) bond motifs is 1. The highest BCUT2D eigenvalue weighted by molar-refractivity contribution is 8.00. The summed E-state index contributed by atoms with van der Waals surface area (Å²) in [5.74, 6) is 0.157. The van der Waals surface area contributed by atoms with Crippen molar-refractivity contribution in [3.63, 3.8) is 0 Å². The number of nitrogens with zero attached hydrogens (tertiary/aromatic N) is 4. The van der Waals surface area contributed by atoms with Crippen molar-refractivity contribution in [1.82, 2.24) is 14.6 Å². The monoisotopic (exact) mass is 427 g/mol. The van der Waals surface area contributed by atoms with Crippen molar-refractivity contribution in [3.05, 3.63) is 51.6 Å². The molecular formula is C22H29N5O2S. The fourth-order valence-electron chi connectivity index (χ4n) is 4.05. The van der Waals surface area contributed by atoms with Crippen LogP contribution in [0.4, 0.5) is 5.69 Å². The number of rotatable bonds is 5. The van der Waals surface area contributed by atoms with Gasteiger partial charge in [-0.05, 0) is 51.8 Å². The Balaban J connectivity index is 1.51. The van der Waals surface area contributed by atoms with Gasteiger partial charge >= 0.3 is 5.69 Å². The molecule has 30 heavy (non-hydrogen) atoms. The van der Waals surface area contributed by atoms with Crippen LogP contribution in [0.1, 0.15) is 29.7 Å². The Morgan fingerprint density at radius 2 is 1.80 bits per heavy atom. The number of hydrogen-bond acceptors (Lipinski definition) is 6. The lowest BCUT2D eigenvalue weighted by Gasteiger charge is -2.37. The molecular weight excluding hydrogens is 398 g/mol. The summed E-state index contributed by atoms with van der Waals surface area (Å²) in [5, 5.41) is 5.78. The maximum atomic E-state index is 12.9. The van der Waals surface area contributed by atoms with Crippen molar-refractivity contribution < 1.29 is 4.79 Å². The topological polar surface area (TPSA) is 70.5 Å². The standard InChI is InChI=1S/C22H29N5O2S/c1-16-7-9-17(10-8-16)23-20(28)15-30-21-18-5-3-4-6-19(18)27(22(29)24-21)26-13-11-25(2)12-14-26/h7-10H,3-6,11-15H2,1-2H3,(H,23,28). The van der Waals surface area contributed by atoms with Gasteiger partial charge in [-0.3, -0.25) is 4.79 Å². The van der Waals surface area contributed by atoms with Gasteiger partial charge in [0.1, 0.15) is 5.03 Å². The van der Waals surface area contributed by atoms with E-state index >= 15 is 0 Å². The average molecular weight is 428 g/mol. The summed E-state index contributed by atoms with van der Waals surface area (Å²) in [5.41, 5.74) is 3.95. The third kappa shape index (κ3) is 4.70. The van der Waals surface area contributed by atoms with E-state index in [0.29, 0.717) is 0 Å². The summed E-state index contributed by atoms with van der Waals surface area (Å²) in [6.45, 7) is 5.56. The molecule has 1 aliphatic carbocycles. The molecule has 0 saturated carbocycles. The van der Waals surface area contributed by atoms with Crippen LogP contribution in [0.2, 0.25) is 0 Å². The Labute approximate surface area is 181 Å². The lowest BCUT2D eigenvalue weighted by molar-refractivity contribution is -0.113. The van der Waals surface area contributed by atoms with Crippen molar-refractivity contribution in [2.24, 2.45) is 0 Å². The fraction of sp³-hybridized carbons (Fsp3) is 0.500. The number of nitrogens with one attached hydrogen (secondary N) is 1. The first-order chi connectivity index (χ1) is 14.5. The number of anilines is 1. The number of piperazine rings is 1. The van der Waals surface area contributed by atoms with Crippen molar-refractivity contribution in [1.29, 1.82) is 0 Å². The van der Waals surface area contributed by atoms with E-state index in [9.17, 15) is 9.59 Å². The maximum absolute atomic E-state index is 12.9. The minimum absolute atomic E-state index is 0.0848. The largest absolute Gasteiger partial charge is 0.367 e. The molecule has 0 atom stereocenters. The molecule has 1 N–H and O–H groups in total. The Morgan fingerprint density at radius 3 is 2.53 bits per heavy atom. The molecule has 4 rings (SSSR count). The van der Waals surface area contributed by atoms with E-state index < -0.39 is 0 Å². The maximum Gasteiger partial charge on any atom is 0.367 e. The van der Waals surface area contributed by atoms with E-state index in [1.807, 2.05) is 35.9 Å². The Bertz CT molecular complexity index is 965. The van der Waals surface area contributed by atoms with Gasteiger partial charge in [-0.1, -0.05) is 29.5 Å². The molecule has 1 aromatic carbocycles. The summed E-state index contributed by atoms with van der Waals surface area (Å²) < 4.78 is 1.82. The molecule has 2 aromatic rings. The molecule has 8 heteroatoms. The first-order valence-corrected chi connectivity index (χ1v) is 11.6. The molecule has 160 valence electrons. The fourth-order valence-corrected chi connectivity index (χ4v) is 4.92. The third-order valence-corrected chi connectivity index (χ3v) is 6.79. The molecule has 0 radical (unpaired) electrons. The zero-order chi connectivity index (χ0) is 21.1. The molecule has 1 aliphatic heterocycles. The number of benzene rings is 1. The number of carbonyl (C=O) groups is 1. The van der Waals surface area contributed by atoms with Gasteiger partial charge in [0, 0.05) is 37.4 Å². The molecule has 2 aliphatic rings. The van der Waals surface area contributed by atoms with E-state index in [4.69, 9.17) is 0 Å². The number of carbonyl (C=O) groups excluding carboxylic acids is 1. The zero-order valence-corrected chi connectivity index (χ0v) is 18.5. The Kier molecular flexibility index (Phi) is 6.43. The molecule has 7 nitrogen and oxygen atoms in total. The van der Waals surface area contributed by atoms with Crippen molar-refractivity contribution in [3.8, 4) is 0 Å². The quantitative estimate of drug-likeness (QED) is 0.582. The van der Waals surface area contributed by atoms with Crippen LogP contribution in [0.25, 0.3) is 0 Å². The smallest absolute Gasteiger partial charge is 0.325 e. The van der Waals surface area contributed by atoms with Gasteiger partial charge in [0.05, 0.1) is 11.4 Å². The molecule has 0 spiro atoms. The number of aromatic nitrogens is 2. The van der Waals surface area contributed by atoms with E-state index in [1.165, 1.54) is 11.8 Å². The second kappa shape index (κ2) is 9.22. The van der Waals surface area contributed by atoms with Crippen molar-refractivity contribution in [2.75, 3.05) is 49.3 Å². The van der Waals surface area contributed by atoms with Gasteiger partial charge in [0.15, 0.2) is 0 Å². The zero-order valence-electron chi connectivity index (χ0n) is 17.7. The van der Waals surface area contributed by atoms with Crippen LogP contribution >= 0.6 is 11.8 Å². The van der Waals surface area contributed by atoms with Crippen LogP contribution in [0.5, 0.6) is 0 Å². The molecule has 1 aromatic heterocycles. The number of hydrogen-bond donors (Lipinski definition) is 1. The predicted molar refractivity (Wildman–Crippen MR) is 121 cm³/mol. The second-order valence-corrected chi connectivity index (χ2v) is 9.07. The molecule has 0 unspecified atom stereocenters. The SMILES string of the molecule is Cc1ccc(NC(=O)CSc2nc(=O)n(N3CCN(C)CC3)c3c2CCCC3)cc1. The average Bonchev–Trinajstić information content (AvgIpc) is 2.75. The second-order valence-electron chi connectivity index (χ2n) is 8.10. The van der Waals surface area contributed by atoms with Gasteiger partial charge in [-0.15, -0.1) is 0 Å². The van der Waals surface area contributed by atoms with Crippen molar-refractivity contribution >= 4 is 23.4 Å². The lowest BCUT2D eigenvalue weighted by atomic mass is 9.97. The Hall–Kier alpha value is -2.32. The highest BCUT2D eigenvalue weighted by Gasteiger charge is 2.25. The van der Waals surface area contributed by atoms with E-state index in [1.54, 1.807) is 0 Å². The summed E-state index contributed by atoms with van der Waals surface area (Å²) >= 11 is 1.37. The minimum Gasteiger partial charge on any atom is -0.325 e. The van der Waals surface area contributed by atoms with Gasteiger partial charge in [-0.25, -0.2) is 9.47 Å². The first-order valence-electron chi connectivity index (χ1n) is 10.6. The molecule has 0 bridgehead atoms. The van der Waals surface area contributed by atoms with Crippen LogP contribution in [0, 0.1) is 6.92 Å². The van der Waals surface area contributed by atoms with Gasteiger partial charge in [0.2, 0.25) is 5.91 Å². The van der Waals surface area contributed by atoms with Gasteiger partial charge in [-0.2, -0.15) is 4.98 Å². The number of thioether (sulfide) groups is 1. The highest BCUT2D eigenvalue weighted by Crippen LogP contribution is 2.28. The van der Waals surface area contributed by atoms with Crippen LogP contribution in [0.15, 0.2) is 34.1 Å². The Morgan fingerprint density at radius 1 is 1.10 bits per heavy atom. The molecule has 1 amide bonds. The van der Waals surface area contributed by atoms with Gasteiger partial charge < -0.3 is 15.2 Å². The summed E-state index contributed by atoms with van der Waals surface area (Å²) in [7, 11) is 2.11. The summed E-state index contributed by atoms with van der Waals surface area (Å²) in [6, 6.07) is 7.74. The van der Waals surface area contributed by atoms with E-state index in [2.05, 4.69) is 27.3 Å². The predicted octanol–water partition coefficient (Wildman–Crippen LogP) is 2.04. The molecule has 2 heterocycles. The number of aryl methyl sites for hydroxylation is 1. The summed E-state index contributed by atoms with van der Waals surface area (Å²) in [6.07, 6.45) is 3.99. The normalized spacial score (nSPS) is 16.9. The molecule has 1 saturated heterocycles. The third-order valence-electron chi connectivity index (χ3n) is 5.77. The van der Waals surface area contributed by atoms with Crippen LogP contribution in [-0.2, 0) is 17.6 Å². The van der Waals surface area contributed by atoms with Gasteiger partial charge in [0.25, 0.3) is 0 Å².